The van der Waals surface area contributed by atoms with Crippen LogP contribution < -0.4 is 10.1 Å². The van der Waals surface area contributed by atoms with Crippen molar-refractivity contribution in [3.8, 4) is 5.75 Å². The maximum absolute atomic E-state index is 12.4. The minimum absolute atomic E-state index is 0.0222. The highest BCUT2D eigenvalue weighted by Gasteiger charge is 2.10. The second-order valence-electron chi connectivity index (χ2n) is 4.86. The first-order chi connectivity index (χ1) is 12.5. The zero-order valence-corrected chi connectivity index (χ0v) is 14.6. The Morgan fingerprint density at radius 3 is 2.85 bits per heavy atom. The zero-order chi connectivity index (χ0) is 18.9. The van der Waals surface area contributed by atoms with Crippen LogP contribution in [-0.4, -0.2) is 30.1 Å². The monoisotopic (exact) mass is 382 g/mol. The van der Waals surface area contributed by atoms with Gasteiger partial charge in [0.2, 0.25) is 5.91 Å². The largest absolute Gasteiger partial charge is 0.466 e. The molecular formula is C17H16F2N2O4S. The van der Waals surface area contributed by atoms with E-state index in [1.807, 2.05) is 0 Å². The second kappa shape index (κ2) is 9.62. The van der Waals surface area contributed by atoms with Gasteiger partial charge in [0.15, 0.2) is 5.13 Å². The van der Waals surface area contributed by atoms with E-state index in [4.69, 9.17) is 4.74 Å². The van der Waals surface area contributed by atoms with Crippen LogP contribution in [0.1, 0.15) is 18.2 Å². The van der Waals surface area contributed by atoms with Crippen LogP contribution in [0.2, 0.25) is 0 Å². The third-order valence-corrected chi connectivity index (χ3v) is 3.77. The van der Waals surface area contributed by atoms with E-state index in [-0.39, 0.29) is 18.8 Å². The van der Waals surface area contributed by atoms with Gasteiger partial charge in [0.25, 0.3) is 0 Å². The van der Waals surface area contributed by atoms with Crippen LogP contribution in [0.15, 0.2) is 35.7 Å². The predicted molar refractivity (Wildman–Crippen MR) is 93.2 cm³/mol. The van der Waals surface area contributed by atoms with Crippen molar-refractivity contribution in [1.82, 2.24) is 4.98 Å². The minimum Gasteiger partial charge on any atom is -0.466 e. The Balaban J connectivity index is 1.96. The van der Waals surface area contributed by atoms with E-state index in [9.17, 15) is 18.4 Å². The molecule has 1 aromatic heterocycles. The van der Waals surface area contributed by atoms with Gasteiger partial charge in [-0.05, 0) is 19.1 Å². The summed E-state index contributed by atoms with van der Waals surface area (Å²) in [4.78, 5) is 27.4. The van der Waals surface area contributed by atoms with Gasteiger partial charge < -0.3 is 9.47 Å². The average molecular weight is 382 g/mol. The first kappa shape index (κ1) is 19.5. The van der Waals surface area contributed by atoms with Gasteiger partial charge in [-0.25, -0.2) is 4.98 Å². The third kappa shape index (κ3) is 6.25. The van der Waals surface area contributed by atoms with Crippen molar-refractivity contribution >= 4 is 34.4 Å². The van der Waals surface area contributed by atoms with Crippen molar-refractivity contribution < 1.29 is 27.8 Å². The van der Waals surface area contributed by atoms with E-state index in [2.05, 4.69) is 15.0 Å². The molecule has 0 aliphatic rings. The maximum atomic E-state index is 12.4. The number of nitrogens with zero attached hydrogens (tertiary/aromatic N) is 1. The second-order valence-corrected chi connectivity index (χ2v) is 5.72. The summed E-state index contributed by atoms with van der Waals surface area (Å²) in [6, 6.07) is 6.11. The van der Waals surface area contributed by atoms with Crippen molar-refractivity contribution in [2.24, 2.45) is 0 Å². The molecule has 1 aromatic carbocycles. The summed E-state index contributed by atoms with van der Waals surface area (Å²) in [6.45, 7) is -0.957. The van der Waals surface area contributed by atoms with Gasteiger partial charge in [-0.15, -0.1) is 11.3 Å². The van der Waals surface area contributed by atoms with Crippen molar-refractivity contribution in [3.63, 3.8) is 0 Å². The van der Waals surface area contributed by atoms with E-state index in [1.54, 1.807) is 30.5 Å². The fraction of sp³-hybridized carbons (Fsp3) is 0.235. The van der Waals surface area contributed by atoms with Gasteiger partial charge in [0, 0.05) is 17.0 Å². The zero-order valence-electron chi connectivity index (χ0n) is 13.8. The number of halogens is 2. The molecule has 1 amide bonds. The molecule has 1 heterocycles. The number of rotatable bonds is 8. The number of hydrogen-bond acceptors (Lipinski definition) is 6. The van der Waals surface area contributed by atoms with Crippen LogP contribution in [0.4, 0.5) is 13.9 Å². The van der Waals surface area contributed by atoms with Crippen molar-refractivity contribution in [2.75, 3.05) is 11.9 Å². The van der Waals surface area contributed by atoms with E-state index < -0.39 is 18.5 Å². The number of esters is 1. The molecular weight excluding hydrogens is 366 g/mol. The molecule has 0 unspecified atom stereocenters. The fourth-order valence-electron chi connectivity index (χ4n) is 1.94. The Kier molecular flexibility index (Phi) is 7.22. The quantitative estimate of drug-likeness (QED) is 0.559. The number of thiazole rings is 1. The summed E-state index contributed by atoms with van der Waals surface area (Å²) in [7, 11) is 0. The maximum Gasteiger partial charge on any atom is 0.387 e. The number of ether oxygens (including phenoxy) is 2. The van der Waals surface area contributed by atoms with Gasteiger partial charge in [0.05, 0.1) is 18.7 Å². The molecule has 26 heavy (non-hydrogen) atoms. The predicted octanol–water partition coefficient (Wildman–Crippen LogP) is 3.50. The van der Waals surface area contributed by atoms with Crippen LogP contribution >= 0.6 is 11.3 Å². The number of anilines is 1. The Hall–Kier alpha value is -2.81. The van der Waals surface area contributed by atoms with Gasteiger partial charge in [0.1, 0.15) is 5.75 Å². The van der Waals surface area contributed by atoms with Crippen LogP contribution in [0, 0.1) is 0 Å². The molecule has 0 aliphatic heterocycles. The molecule has 0 radical (unpaired) electrons. The summed E-state index contributed by atoms with van der Waals surface area (Å²) in [5.41, 5.74) is 0.827. The lowest BCUT2D eigenvalue weighted by Gasteiger charge is -2.07. The van der Waals surface area contributed by atoms with Crippen LogP contribution in [-0.2, 0) is 20.7 Å². The van der Waals surface area contributed by atoms with Crippen molar-refractivity contribution in [3.05, 3.63) is 47.0 Å². The van der Waals surface area contributed by atoms with E-state index in [0.29, 0.717) is 16.4 Å². The van der Waals surface area contributed by atoms with Gasteiger partial charge in [-0.3, -0.25) is 14.9 Å². The normalized spacial score (nSPS) is 10.9. The molecule has 2 aromatic rings. The number of benzene rings is 1. The molecule has 0 saturated carbocycles. The molecule has 0 aliphatic carbocycles. The van der Waals surface area contributed by atoms with Gasteiger partial charge in [-0.2, -0.15) is 8.78 Å². The third-order valence-electron chi connectivity index (χ3n) is 2.96. The van der Waals surface area contributed by atoms with Gasteiger partial charge >= 0.3 is 12.6 Å². The highest BCUT2D eigenvalue weighted by molar-refractivity contribution is 7.14. The highest BCUT2D eigenvalue weighted by Crippen LogP contribution is 2.22. The Morgan fingerprint density at radius 1 is 1.35 bits per heavy atom. The number of hydrogen-bond donors (Lipinski definition) is 1. The molecule has 2 rings (SSSR count). The number of alkyl halides is 2. The molecule has 0 fully saturated rings. The minimum atomic E-state index is -2.95. The topological polar surface area (TPSA) is 77.5 Å². The Bertz CT molecular complexity index is 793. The van der Waals surface area contributed by atoms with Crippen LogP contribution in [0.25, 0.3) is 6.08 Å². The molecule has 0 atom stereocenters. The lowest BCUT2D eigenvalue weighted by molar-refractivity contribution is -0.142. The number of carbonyl (C=O) groups is 2. The number of carbonyl (C=O) groups excluding carboxylic acids is 2. The summed E-state index contributed by atoms with van der Waals surface area (Å²) in [6.07, 6.45) is 2.56. The lowest BCUT2D eigenvalue weighted by atomic mass is 10.2. The average Bonchev–Trinajstić information content (AvgIpc) is 3.00. The number of aromatic nitrogens is 1. The van der Waals surface area contributed by atoms with Crippen molar-refractivity contribution in [2.45, 2.75) is 20.0 Å². The summed E-state index contributed by atoms with van der Waals surface area (Å²) in [5.74, 6) is -0.919. The molecule has 0 saturated heterocycles. The van der Waals surface area contributed by atoms with Crippen LogP contribution in [0.5, 0.6) is 5.75 Å². The highest BCUT2D eigenvalue weighted by atomic mass is 32.1. The Labute approximate surface area is 152 Å². The molecule has 6 nitrogen and oxygen atoms in total. The SMILES string of the molecule is CCOC(=O)Cc1csc(NC(=O)/C=C/c2ccccc2OC(F)F)n1. The summed E-state index contributed by atoms with van der Waals surface area (Å²) in [5, 5.41) is 4.50. The standard InChI is InChI=1S/C17H16F2N2O4S/c1-2-24-15(23)9-12-10-26-17(20-12)21-14(22)8-7-11-5-3-4-6-13(11)25-16(18)19/h3-8,10,16H,2,9H2,1H3,(H,20,21,22)/b8-7+. The van der Waals surface area contributed by atoms with E-state index in [0.717, 1.165) is 11.3 Å². The smallest absolute Gasteiger partial charge is 0.387 e. The summed E-state index contributed by atoms with van der Waals surface area (Å²) >= 11 is 1.16. The van der Waals surface area contributed by atoms with E-state index in [1.165, 1.54) is 18.2 Å². The van der Waals surface area contributed by atoms with Gasteiger partial charge in [-0.1, -0.05) is 18.2 Å². The number of para-hydroxylation sites is 1. The fourth-order valence-corrected chi connectivity index (χ4v) is 2.65. The summed E-state index contributed by atoms with van der Waals surface area (Å²) < 4.78 is 33.9. The molecule has 0 spiro atoms. The first-order valence-electron chi connectivity index (χ1n) is 7.61. The molecule has 0 bridgehead atoms. The van der Waals surface area contributed by atoms with Crippen molar-refractivity contribution in [1.29, 1.82) is 0 Å². The van der Waals surface area contributed by atoms with Crippen LogP contribution in [0.3, 0.4) is 0 Å². The molecule has 138 valence electrons. The Morgan fingerprint density at radius 2 is 2.12 bits per heavy atom. The van der Waals surface area contributed by atoms with E-state index >= 15 is 0 Å². The molecule has 1 N–H and O–H groups in total. The first-order valence-corrected chi connectivity index (χ1v) is 8.48. The molecule has 9 heteroatoms. The number of nitrogens with one attached hydrogen (secondary N) is 1. The number of amides is 1. The lowest BCUT2D eigenvalue weighted by Crippen LogP contribution is -2.09.